The fourth-order valence-corrected chi connectivity index (χ4v) is 1.62. The van der Waals surface area contributed by atoms with Gasteiger partial charge in [0.05, 0.1) is 12.7 Å². The second-order valence-electron chi connectivity index (χ2n) is 5.38. The van der Waals surface area contributed by atoms with Crippen molar-refractivity contribution in [1.29, 1.82) is 0 Å². The molecule has 0 aliphatic carbocycles. The van der Waals surface area contributed by atoms with Crippen molar-refractivity contribution in [2.75, 3.05) is 20.1 Å². The summed E-state index contributed by atoms with van der Waals surface area (Å²) < 4.78 is 1.58. The van der Waals surface area contributed by atoms with Crippen LogP contribution < -0.4 is 5.73 Å². The molecule has 0 fully saturated rings. The van der Waals surface area contributed by atoms with E-state index >= 15 is 0 Å². The SMILES string of the molecule is CN(CC(C)(C)C)C(=O)c1cn(CCN)nn1. The lowest BCUT2D eigenvalue weighted by molar-refractivity contribution is 0.0739. The highest BCUT2D eigenvalue weighted by molar-refractivity contribution is 5.91. The van der Waals surface area contributed by atoms with Gasteiger partial charge in [-0.1, -0.05) is 26.0 Å². The van der Waals surface area contributed by atoms with E-state index < -0.39 is 0 Å². The van der Waals surface area contributed by atoms with E-state index in [-0.39, 0.29) is 11.3 Å². The quantitative estimate of drug-likeness (QED) is 0.822. The molecule has 0 unspecified atom stereocenters. The maximum atomic E-state index is 12.0. The summed E-state index contributed by atoms with van der Waals surface area (Å²) in [5.74, 6) is -0.108. The minimum atomic E-state index is -0.108. The Bertz CT molecular complexity index is 379. The average Bonchev–Trinajstić information content (AvgIpc) is 2.63. The molecular weight excluding hydrogens is 218 g/mol. The van der Waals surface area contributed by atoms with Crippen molar-refractivity contribution in [3.63, 3.8) is 0 Å². The van der Waals surface area contributed by atoms with Gasteiger partial charge in [0.15, 0.2) is 5.69 Å². The van der Waals surface area contributed by atoms with Crippen molar-refractivity contribution in [3.05, 3.63) is 11.9 Å². The van der Waals surface area contributed by atoms with E-state index in [0.29, 0.717) is 25.3 Å². The molecule has 0 aliphatic rings. The Hall–Kier alpha value is -1.43. The van der Waals surface area contributed by atoms with Gasteiger partial charge in [0.25, 0.3) is 5.91 Å². The lowest BCUT2D eigenvalue weighted by Gasteiger charge is -2.25. The molecule has 17 heavy (non-hydrogen) atoms. The van der Waals surface area contributed by atoms with Crippen molar-refractivity contribution >= 4 is 5.91 Å². The van der Waals surface area contributed by atoms with Crippen LogP contribution in [-0.4, -0.2) is 45.9 Å². The van der Waals surface area contributed by atoms with Crippen molar-refractivity contribution in [2.24, 2.45) is 11.1 Å². The number of aromatic nitrogens is 3. The van der Waals surface area contributed by atoms with Crippen LogP contribution in [0.4, 0.5) is 0 Å². The van der Waals surface area contributed by atoms with Crippen molar-refractivity contribution in [1.82, 2.24) is 19.9 Å². The van der Waals surface area contributed by atoms with Crippen LogP contribution >= 0.6 is 0 Å². The summed E-state index contributed by atoms with van der Waals surface area (Å²) in [7, 11) is 1.77. The summed E-state index contributed by atoms with van der Waals surface area (Å²) in [5, 5.41) is 7.70. The number of hydrogen-bond acceptors (Lipinski definition) is 4. The molecule has 0 aromatic carbocycles. The first kappa shape index (κ1) is 13.6. The molecule has 0 radical (unpaired) electrons. The second-order valence-corrected chi connectivity index (χ2v) is 5.38. The molecule has 6 heteroatoms. The van der Waals surface area contributed by atoms with Gasteiger partial charge in [-0.2, -0.15) is 0 Å². The fourth-order valence-electron chi connectivity index (χ4n) is 1.62. The largest absolute Gasteiger partial charge is 0.340 e. The third-order valence-corrected chi connectivity index (χ3v) is 2.17. The Balaban J connectivity index is 2.68. The molecule has 1 aromatic heterocycles. The van der Waals surface area contributed by atoms with Gasteiger partial charge in [-0.05, 0) is 5.41 Å². The smallest absolute Gasteiger partial charge is 0.275 e. The van der Waals surface area contributed by atoms with Crippen LogP contribution in [0.5, 0.6) is 0 Å². The predicted molar refractivity (Wildman–Crippen MR) is 65.5 cm³/mol. The normalized spacial score (nSPS) is 11.6. The Kier molecular flexibility index (Phi) is 4.22. The van der Waals surface area contributed by atoms with E-state index in [1.807, 2.05) is 0 Å². The Labute approximate surface area is 102 Å². The molecule has 6 nitrogen and oxygen atoms in total. The summed E-state index contributed by atoms with van der Waals surface area (Å²) >= 11 is 0. The first-order valence-corrected chi connectivity index (χ1v) is 5.69. The molecule has 96 valence electrons. The molecule has 0 bridgehead atoms. The van der Waals surface area contributed by atoms with Gasteiger partial charge >= 0.3 is 0 Å². The molecule has 0 spiro atoms. The summed E-state index contributed by atoms with van der Waals surface area (Å²) in [6.07, 6.45) is 1.63. The van der Waals surface area contributed by atoms with Gasteiger partial charge in [-0.15, -0.1) is 5.10 Å². The second kappa shape index (κ2) is 5.27. The molecule has 0 saturated carbocycles. The van der Waals surface area contributed by atoms with Crippen LogP contribution in [0.3, 0.4) is 0 Å². The molecular formula is C11H21N5O. The standard InChI is InChI=1S/C11H21N5O/c1-11(2,3)8-15(4)10(17)9-7-16(6-5-12)14-13-9/h7H,5-6,8,12H2,1-4H3. The highest BCUT2D eigenvalue weighted by atomic mass is 16.2. The molecule has 2 N–H and O–H groups in total. The molecule has 0 saturated heterocycles. The van der Waals surface area contributed by atoms with Crippen molar-refractivity contribution in [3.8, 4) is 0 Å². The zero-order valence-corrected chi connectivity index (χ0v) is 11.0. The van der Waals surface area contributed by atoms with Crippen LogP contribution in [0.25, 0.3) is 0 Å². The van der Waals surface area contributed by atoms with Crippen molar-refractivity contribution in [2.45, 2.75) is 27.3 Å². The molecule has 0 atom stereocenters. The third kappa shape index (κ3) is 4.14. The van der Waals surface area contributed by atoms with Gasteiger partial charge in [0, 0.05) is 20.1 Å². The number of nitrogens with two attached hydrogens (primary N) is 1. The van der Waals surface area contributed by atoms with E-state index in [0.717, 1.165) is 0 Å². The Morgan fingerprint density at radius 1 is 1.53 bits per heavy atom. The third-order valence-electron chi connectivity index (χ3n) is 2.17. The lowest BCUT2D eigenvalue weighted by Crippen LogP contribution is -2.34. The van der Waals surface area contributed by atoms with E-state index in [1.54, 1.807) is 22.8 Å². The van der Waals surface area contributed by atoms with E-state index in [2.05, 4.69) is 31.1 Å². The molecule has 1 rings (SSSR count). The zero-order chi connectivity index (χ0) is 13.1. The number of hydrogen-bond donors (Lipinski definition) is 1. The van der Waals surface area contributed by atoms with Crippen LogP contribution in [0.1, 0.15) is 31.3 Å². The monoisotopic (exact) mass is 239 g/mol. The van der Waals surface area contributed by atoms with E-state index in [9.17, 15) is 4.79 Å². The highest BCUT2D eigenvalue weighted by Crippen LogP contribution is 2.15. The number of amides is 1. The molecule has 0 aliphatic heterocycles. The summed E-state index contributed by atoms with van der Waals surface area (Å²) in [5.41, 5.74) is 5.84. The van der Waals surface area contributed by atoms with Gasteiger partial charge in [-0.25, -0.2) is 0 Å². The topological polar surface area (TPSA) is 77.0 Å². The number of carbonyl (C=O) groups excluding carboxylic acids is 1. The first-order valence-electron chi connectivity index (χ1n) is 5.69. The van der Waals surface area contributed by atoms with E-state index in [4.69, 9.17) is 5.73 Å². The Morgan fingerprint density at radius 2 is 2.18 bits per heavy atom. The van der Waals surface area contributed by atoms with Gasteiger partial charge in [-0.3, -0.25) is 9.48 Å². The highest BCUT2D eigenvalue weighted by Gasteiger charge is 2.20. The van der Waals surface area contributed by atoms with Crippen molar-refractivity contribution < 1.29 is 4.79 Å². The van der Waals surface area contributed by atoms with Crippen LogP contribution in [-0.2, 0) is 6.54 Å². The van der Waals surface area contributed by atoms with Crippen LogP contribution in [0.2, 0.25) is 0 Å². The molecule has 1 heterocycles. The maximum Gasteiger partial charge on any atom is 0.275 e. The lowest BCUT2D eigenvalue weighted by atomic mass is 9.96. The van der Waals surface area contributed by atoms with Gasteiger partial charge < -0.3 is 10.6 Å². The molecule has 1 aromatic rings. The molecule has 1 amide bonds. The number of rotatable bonds is 4. The minimum absolute atomic E-state index is 0.0671. The average molecular weight is 239 g/mol. The van der Waals surface area contributed by atoms with Gasteiger partial charge in [0.1, 0.15) is 0 Å². The predicted octanol–water partition coefficient (Wildman–Crippen LogP) is 0.355. The first-order chi connectivity index (χ1) is 7.83. The summed E-state index contributed by atoms with van der Waals surface area (Å²) in [6.45, 7) is 7.99. The fraction of sp³-hybridized carbons (Fsp3) is 0.727. The minimum Gasteiger partial charge on any atom is -0.340 e. The zero-order valence-electron chi connectivity index (χ0n) is 11.0. The summed E-state index contributed by atoms with van der Waals surface area (Å²) in [4.78, 5) is 13.7. The Morgan fingerprint density at radius 3 is 2.71 bits per heavy atom. The van der Waals surface area contributed by atoms with Crippen LogP contribution in [0.15, 0.2) is 6.20 Å². The van der Waals surface area contributed by atoms with E-state index in [1.165, 1.54) is 0 Å². The number of carbonyl (C=O) groups is 1. The maximum absolute atomic E-state index is 12.0. The number of nitrogens with zero attached hydrogens (tertiary/aromatic N) is 4. The summed E-state index contributed by atoms with van der Waals surface area (Å²) in [6, 6.07) is 0. The van der Waals surface area contributed by atoms with Crippen LogP contribution in [0, 0.1) is 5.41 Å². The van der Waals surface area contributed by atoms with Gasteiger partial charge in [0.2, 0.25) is 0 Å².